The molecule has 0 bridgehead atoms. The van der Waals surface area contributed by atoms with Crippen molar-refractivity contribution in [2.24, 2.45) is 11.3 Å². The molecule has 26 heavy (non-hydrogen) atoms. The predicted octanol–water partition coefficient (Wildman–Crippen LogP) is 2.57. The van der Waals surface area contributed by atoms with Crippen molar-refractivity contribution in [1.82, 2.24) is 9.62 Å². The summed E-state index contributed by atoms with van der Waals surface area (Å²) in [5.74, 6) is -0.0670. The van der Waals surface area contributed by atoms with E-state index >= 15 is 0 Å². The molecule has 6 nitrogen and oxygen atoms in total. The summed E-state index contributed by atoms with van der Waals surface area (Å²) in [6.45, 7) is 9.19. The standard InChI is InChI=1S/C19H30N2O4S/c1-14-8-9-16(25-5)17(11-14)26(23,24)21-10-6-7-15(12-21)18(22)20-13-19(2,3)4/h8-9,11,15H,6-7,10,12-13H2,1-5H3,(H,20,22)/t15-/m0/s1. The molecule has 0 spiro atoms. The first kappa shape index (κ1) is 20.7. The summed E-state index contributed by atoms with van der Waals surface area (Å²) in [4.78, 5) is 12.6. The maximum absolute atomic E-state index is 13.1. The summed E-state index contributed by atoms with van der Waals surface area (Å²) in [5.41, 5.74) is 0.839. The maximum atomic E-state index is 13.1. The van der Waals surface area contributed by atoms with Crippen LogP contribution in [0.3, 0.4) is 0 Å². The van der Waals surface area contributed by atoms with Gasteiger partial charge in [0.05, 0.1) is 13.0 Å². The minimum atomic E-state index is -3.71. The van der Waals surface area contributed by atoms with Crippen LogP contribution in [0.25, 0.3) is 0 Å². The number of aryl methyl sites for hydroxylation is 1. The van der Waals surface area contributed by atoms with Gasteiger partial charge in [0.15, 0.2) is 0 Å². The first-order valence-electron chi connectivity index (χ1n) is 8.97. The quantitative estimate of drug-likeness (QED) is 0.849. The van der Waals surface area contributed by atoms with Crippen LogP contribution in [0.1, 0.15) is 39.2 Å². The van der Waals surface area contributed by atoms with Crippen LogP contribution in [0.15, 0.2) is 23.1 Å². The fourth-order valence-corrected chi connectivity index (χ4v) is 4.76. The van der Waals surface area contributed by atoms with E-state index in [4.69, 9.17) is 4.74 Å². The highest BCUT2D eigenvalue weighted by molar-refractivity contribution is 7.89. The Kier molecular flexibility index (Phi) is 6.34. The van der Waals surface area contributed by atoms with Crippen LogP contribution in [0.4, 0.5) is 0 Å². The van der Waals surface area contributed by atoms with Crippen LogP contribution in [0.2, 0.25) is 0 Å². The van der Waals surface area contributed by atoms with Crippen LogP contribution in [0, 0.1) is 18.3 Å². The van der Waals surface area contributed by atoms with Gasteiger partial charge in [0.25, 0.3) is 0 Å². The SMILES string of the molecule is COc1ccc(C)cc1S(=O)(=O)N1CCC[C@H](C(=O)NCC(C)(C)C)C1. The fourth-order valence-electron chi connectivity index (χ4n) is 3.00. The Balaban J connectivity index is 2.18. The van der Waals surface area contributed by atoms with Gasteiger partial charge in [0.1, 0.15) is 10.6 Å². The Morgan fingerprint density at radius 2 is 2.04 bits per heavy atom. The molecule has 0 radical (unpaired) electrons. The summed E-state index contributed by atoms with van der Waals surface area (Å²) in [7, 11) is -2.25. The molecule has 1 atom stereocenters. The molecule has 2 rings (SSSR count). The van der Waals surface area contributed by atoms with Crippen molar-refractivity contribution >= 4 is 15.9 Å². The van der Waals surface area contributed by atoms with E-state index in [1.54, 1.807) is 12.1 Å². The molecule has 7 heteroatoms. The van der Waals surface area contributed by atoms with Crippen molar-refractivity contribution < 1.29 is 17.9 Å². The maximum Gasteiger partial charge on any atom is 0.246 e. The summed E-state index contributed by atoms with van der Waals surface area (Å²) in [5, 5.41) is 2.95. The lowest BCUT2D eigenvalue weighted by molar-refractivity contribution is -0.126. The molecule has 1 N–H and O–H groups in total. The van der Waals surface area contributed by atoms with Gasteiger partial charge in [0, 0.05) is 19.6 Å². The monoisotopic (exact) mass is 382 g/mol. The normalized spacial score (nSPS) is 19.2. The number of rotatable bonds is 5. The van der Waals surface area contributed by atoms with E-state index in [1.165, 1.54) is 11.4 Å². The Hall–Kier alpha value is -1.60. The van der Waals surface area contributed by atoms with Crippen LogP contribution in [0.5, 0.6) is 5.75 Å². The topological polar surface area (TPSA) is 75.7 Å². The average Bonchev–Trinajstić information content (AvgIpc) is 2.59. The molecule has 1 fully saturated rings. The van der Waals surface area contributed by atoms with E-state index < -0.39 is 10.0 Å². The second kappa shape index (κ2) is 7.96. The van der Waals surface area contributed by atoms with Crippen LogP contribution in [-0.2, 0) is 14.8 Å². The van der Waals surface area contributed by atoms with Gasteiger partial charge in [-0.2, -0.15) is 4.31 Å². The molecule has 0 unspecified atom stereocenters. The zero-order valence-corrected chi connectivity index (χ0v) is 17.1. The summed E-state index contributed by atoms with van der Waals surface area (Å²) < 4.78 is 32.9. The highest BCUT2D eigenvalue weighted by Crippen LogP contribution is 2.30. The van der Waals surface area contributed by atoms with E-state index in [9.17, 15) is 13.2 Å². The molecule has 1 heterocycles. The zero-order valence-electron chi connectivity index (χ0n) is 16.3. The van der Waals surface area contributed by atoms with E-state index in [0.717, 1.165) is 5.56 Å². The number of amides is 1. The number of piperidine rings is 1. The lowest BCUT2D eigenvalue weighted by atomic mass is 9.95. The summed E-state index contributed by atoms with van der Waals surface area (Å²) in [6, 6.07) is 5.11. The number of methoxy groups -OCH3 is 1. The van der Waals surface area contributed by atoms with Crippen molar-refractivity contribution in [2.75, 3.05) is 26.7 Å². The first-order chi connectivity index (χ1) is 12.0. The molecular formula is C19H30N2O4S. The second-order valence-corrected chi connectivity index (χ2v) is 10.0. The fraction of sp³-hybridized carbons (Fsp3) is 0.632. The van der Waals surface area contributed by atoms with Crippen molar-refractivity contribution in [3.63, 3.8) is 0 Å². The molecule has 146 valence electrons. The molecule has 1 amide bonds. The average molecular weight is 383 g/mol. The van der Waals surface area contributed by atoms with Crippen molar-refractivity contribution in [3.8, 4) is 5.75 Å². The number of sulfonamides is 1. The van der Waals surface area contributed by atoms with Crippen LogP contribution in [-0.4, -0.2) is 45.4 Å². The third-order valence-electron chi connectivity index (χ3n) is 4.48. The molecular weight excluding hydrogens is 352 g/mol. The Morgan fingerprint density at radius 1 is 1.35 bits per heavy atom. The van der Waals surface area contributed by atoms with E-state index in [-0.39, 0.29) is 28.7 Å². The second-order valence-electron chi connectivity index (χ2n) is 8.13. The highest BCUT2D eigenvalue weighted by atomic mass is 32.2. The van der Waals surface area contributed by atoms with Crippen LogP contribution >= 0.6 is 0 Å². The molecule has 1 aliphatic heterocycles. The number of hydrogen-bond acceptors (Lipinski definition) is 4. The van der Waals surface area contributed by atoms with Gasteiger partial charge in [-0.3, -0.25) is 4.79 Å². The van der Waals surface area contributed by atoms with Gasteiger partial charge in [-0.15, -0.1) is 0 Å². The van der Waals surface area contributed by atoms with E-state index in [0.29, 0.717) is 31.7 Å². The third kappa shape index (κ3) is 4.98. The van der Waals surface area contributed by atoms with Gasteiger partial charge >= 0.3 is 0 Å². The summed E-state index contributed by atoms with van der Waals surface area (Å²) in [6.07, 6.45) is 1.37. The Morgan fingerprint density at radius 3 is 2.65 bits per heavy atom. The zero-order chi connectivity index (χ0) is 19.5. The van der Waals surface area contributed by atoms with Gasteiger partial charge in [-0.25, -0.2) is 8.42 Å². The molecule has 1 aromatic rings. The third-order valence-corrected chi connectivity index (χ3v) is 6.37. The molecule has 0 saturated carbocycles. The minimum absolute atomic E-state index is 0.00891. The van der Waals surface area contributed by atoms with E-state index in [1.807, 2.05) is 13.0 Å². The largest absolute Gasteiger partial charge is 0.495 e. The molecule has 0 aromatic heterocycles. The smallest absolute Gasteiger partial charge is 0.246 e. The minimum Gasteiger partial charge on any atom is -0.495 e. The lowest BCUT2D eigenvalue weighted by Gasteiger charge is -2.32. The number of nitrogens with one attached hydrogen (secondary N) is 1. The van der Waals surface area contributed by atoms with Crippen molar-refractivity contribution in [1.29, 1.82) is 0 Å². The van der Waals surface area contributed by atoms with E-state index in [2.05, 4.69) is 26.1 Å². The molecule has 1 aromatic carbocycles. The Labute approximate surface area is 157 Å². The first-order valence-corrected chi connectivity index (χ1v) is 10.4. The van der Waals surface area contributed by atoms with Gasteiger partial charge in [0.2, 0.25) is 15.9 Å². The summed E-state index contributed by atoms with van der Waals surface area (Å²) >= 11 is 0. The number of carbonyl (C=O) groups excluding carboxylic acids is 1. The van der Waals surface area contributed by atoms with Gasteiger partial charge < -0.3 is 10.1 Å². The predicted molar refractivity (Wildman–Crippen MR) is 102 cm³/mol. The van der Waals surface area contributed by atoms with Crippen molar-refractivity contribution in [2.45, 2.75) is 45.4 Å². The van der Waals surface area contributed by atoms with Gasteiger partial charge in [-0.1, -0.05) is 26.8 Å². The number of hydrogen-bond donors (Lipinski definition) is 1. The van der Waals surface area contributed by atoms with Crippen molar-refractivity contribution in [3.05, 3.63) is 23.8 Å². The molecule has 1 saturated heterocycles. The van der Waals surface area contributed by atoms with Gasteiger partial charge in [-0.05, 0) is 42.9 Å². The number of carbonyl (C=O) groups is 1. The van der Waals surface area contributed by atoms with Crippen LogP contribution < -0.4 is 10.1 Å². The molecule has 0 aliphatic carbocycles. The Bertz CT molecular complexity index is 753. The molecule has 1 aliphatic rings. The highest BCUT2D eigenvalue weighted by Gasteiger charge is 2.35. The number of benzene rings is 1. The number of nitrogens with zero attached hydrogens (tertiary/aromatic N) is 1. The lowest BCUT2D eigenvalue weighted by Crippen LogP contribution is -2.46. The number of ether oxygens (including phenoxy) is 1.